The van der Waals surface area contributed by atoms with E-state index in [1.807, 2.05) is 13.8 Å². The first-order valence-corrected chi connectivity index (χ1v) is 18.1. The third kappa shape index (κ3) is 8.85. The molecule has 0 aliphatic carbocycles. The van der Waals surface area contributed by atoms with Crippen molar-refractivity contribution in [3.63, 3.8) is 0 Å². The van der Waals surface area contributed by atoms with Crippen LogP contribution >= 0.6 is 0 Å². The summed E-state index contributed by atoms with van der Waals surface area (Å²) in [7, 11) is -0.720. The molecule has 2 aliphatic heterocycles. The molecular formula is C34H46N6O9S. The monoisotopic (exact) mass is 714 g/mol. The number of ether oxygens (including phenoxy) is 4. The molecule has 2 aliphatic rings. The van der Waals surface area contributed by atoms with Crippen molar-refractivity contribution < 1.29 is 42.1 Å². The number of hydrogen-bond donors (Lipinski definition) is 3. The summed E-state index contributed by atoms with van der Waals surface area (Å²) < 4.78 is 52.7. The van der Waals surface area contributed by atoms with Gasteiger partial charge in [0.15, 0.2) is 16.5 Å². The van der Waals surface area contributed by atoms with Crippen LogP contribution in [-0.4, -0.2) is 103 Å². The van der Waals surface area contributed by atoms with Crippen LogP contribution in [0.4, 0.5) is 16.2 Å². The second-order valence-corrected chi connectivity index (χ2v) is 14.8. The second-order valence-electron chi connectivity index (χ2n) is 12.8. The van der Waals surface area contributed by atoms with Crippen LogP contribution in [0.2, 0.25) is 0 Å². The number of aliphatic hydroxyl groups is 1. The van der Waals surface area contributed by atoms with Gasteiger partial charge in [0, 0.05) is 63.3 Å². The molecule has 0 bridgehead atoms. The summed E-state index contributed by atoms with van der Waals surface area (Å²) in [5, 5.41) is 15.7. The van der Waals surface area contributed by atoms with Gasteiger partial charge < -0.3 is 44.2 Å². The summed E-state index contributed by atoms with van der Waals surface area (Å²) in [5.41, 5.74) is 1.04. The predicted octanol–water partition coefficient (Wildman–Crippen LogP) is 3.91. The van der Waals surface area contributed by atoms with E-state index in [9.17, 15) is 23.1 Å². The number of carbonyl (C=O) groups is 2. The zero-order chi connectivity index (χ0) is 36.0. The first-order chi connectivity index (χ1) is 23.8. The highest BCUT2D eigenvalue weighted by molar-refractivity contribution is 7.89. The third-order valence-corrected chi connectivity index (χ3v) is 10.4. The van der Waals surface area contributed by atoms with Gasteiger partial charge in [-0.05, 0) is 63.4 Å². The van der Waals surface area contributed by atoms with Crippen LogP contribution in [0, 0.1) is 5.92 Å². The number of aromatic nitrogens is 2. The zero-order valence-electron chi connectivity index (χ0n) is 29.0. The van der Waals surface area contributed by atoms with E-state index in [1.165, 1.54) is 28.8 Å². The molecule has 0 radical (unpaired) electrons. The van der Waals surface area contributed by atoms with E-state index in [0.717, 1.165) is 12.8 Å². The molecule has 50 heavy (non-hydrogen) atoms. The van der Waals surface area contributed by atoms with Gasteiger partial charge in [-0.25, -0.2) is 18.2 Å². The molecule has 5 rings (SSSR count). The van der Waals surface area contributed by atoms with Gasteiger partial charge in [0.1, 0.15) is 5.75 Å². The number of amides is 3. The van der Waals surface area contributed by atoms with Gasteiger partial charge in [0.25, 0.3) is 15.9 Å². The average molecular weight is 715 g/mol. The first-order valence-electron chi connectivity index (χ1n) is 16.6. The molecule has 0 saturated heterocycles. The van der Waals surface area contributed by atoms with Crippen LogP contribution < -0.4 is 24.8 Å². The summed E-state index contributed by atoms with van der Waals surface area (Å²) in [6, 6.07) is 8.76. The number of imidazole rings is 1. The molecule has 1 aromatic heterocycles. The van der Waals surface area contributed by atoms with E-state index in [-0.39, 0.29) is 49.1 Å². The fourth-order valence-corrected chi connectivity index (χ4v) is 6.91. The van der Waals surface area contributed by atoms with Crippen molar-refractivity contribution in [3.8, 4) is 17.2 Å². The minimum atomic E-state index is -3.90. The number of anilines is 2. The van der Waals surface area contributed by atoms with Crippen molar-refractivity contribution >= 4 is 33.3 Å². The Kier molecular flexibility index (Phi) is 11.9. The number of rotatable bonds is 8. The van der Waals surface area contributed by atoms with E-state index in [2.05, 4.69) is 15.6 Å². The third-order valence-electron chi connectivity index (χ3n) is 8.73. The molecule has 4 atom stereocenters. The largest absolute Gasteiger partial charge is 0.490 e. The van der Waals surface area contributed by atoms with E-state index >= 15 is 0 Å². The number of carbonyl (C=O) groups excluding carboxylic acids is 2. The Morgan fingerprint density at radius 3 is 2.48 bits per heavy atom. The molecule has 15 nitrogen and oxygen atoms in total. The number of nitrogens with zero attached hydrogens (tertiary/aromatic N) is 4. The van der Waals surface area contributed by atoms with Gasteiger partial charge in [-0.15, -0.1) is 0 Å². The molecule has 2 aromatic carbocycles. The standard InChI is InChI=1S/C34H46N6O9S/c1-22-16-40(23(2)19-41)33(42)27-14-25(36-34(43)37-26-10-12-29-30(15-26)48-21-47-29)9-11-28(27)49-24(3)8-6-7-13-46-31(22)17-39(5)50(44,45)32-18-38(4)20-35-32/h9-12,14-15,18,20,22-24,31,41H,6-8,13,16-17,19,21H2,1-5H3,(H2,36,37,43)/t22-,23+,24-,31+/m1/s1. The Balaban J connectivity index is 1.39. The fourth-order valence-electron chi connectivity index (χ4n) is 5.76. The summed E-state index contributed by atoms with van der Waals surface area (Å²) in [5.74, 6) is 0.677. The fraction of sp³-hybridized carbons (Fsp3) is 0.500. The minimum Gasteiger partial charge on any atom is -0.490 e. The van der Waals surface area contributed by atoms with Gasteiger partial charge in [0.2, 0.25) is 6.79 Å². The van der Waals surface area contributed by atoms with E-state index < -0.39 is 34.1 Å². The highest BCUT2D eigenvalue weighted by Gasteiger charge is 2.33. The molecular weight excluding hydrogens is 668 g/mol. The lowest BCUT2D eigenvalue weighted by Crippen LogP contribution is -2.48. The maximum Gasteiger partial charge on any atom is 0.323 e. The van der Waals surface area contributed by atoms with Crippen molar-refractivity contribution in [2.75, 3.05) is 50.8 Å². The number of aryl methyl sites for hydroxylation is 1. The van der Waals surface area contributed by atoms with Crippen molar-refractivity contribution in [3.05, 3.63) is 54.5 Å². The van der Waals surface area contributed by atoms with Gasteiger partial charge in [-0.2, -0.15) is 4.31 Å². The molecule has 272 valence electrons. The number of urea groups is 1. The minimum absolute atomic E-state index is 0.0261. The number of nitrogens with one attached hydrogen (secondary N) is 2. The Bertz CT molecular complexity index is 1770. The Labute approximate surface area is 292 Å². The molecule has 3 N–H and O–H groups in total. The maximum atomic E-state index is 14.4. The number of likely N-dealkylation sites (N-methyl/N-ethyl adjacent to an activating group) is 1. The van der Waals surface area contributed by atoms with Gasteiger partial charge in [0.05, 0.1) is 36.7 Å². The number of hydrogen-bond acceptors (Lipinski definition) is 10. The molecule has 0 saturated carbocycles. The average Bonchev–Trinajstić information content (AvgIpc) is 3.75. The van der Waals surface area contributed by atoms with Crippen LogP contribution in [0.15, 0.2) is 53.9 Å². The van der Waals surface area contributed by atoms with Crippen molar-refractivity contribution in [1.82, 2.24) is 18.8 Å². The zero-order valence-corrected chi connectivity index (χ0v) is 29.8. The second kappa shape index (κ2) is 16.1. The predicted molar refractivity (Wildman–Crippen MR) is 185 cm³/mol. The maximum absolute atomic E-state index is 14.4. The van der Waals surface area contributed by atoms with Crippen LogP contribution in [-0.2, 0) is 21.8 Å². The molecule has 0 spiro atoms. The summed E-state index contributed by atoms with van der Waals surface area (Å²) in [6.45, 7) is 5.88. The number of sulfonamides is 1. The number of aliphatic hydroxyl groups excluding tert-OH is 1. The lowest BCUT2D eigenvalue weighted by atomic mass is 10.0. The van der Waals surface area contributed by atoms with Crippen molar-refractivity contribution in [2.45, 2.75) is 63.3 Å². The summed E-state index contributed by atoms with van der Waals surface area (Å²) >= 11 is 0. The SMILES string of the molecule is C[C@@H]1CCCCO[C@@H](CN(C)S(=O)(=O)c2cn(C)cn2)[C@H](C)CN([C@@H](C)CO)C(=O)c2cc(NC(=O)Nc3ccc4c(c3)OCO4)ccc2O1. The quantitative estimate of drug-likeness (QED) is 0.311. The molecule has 3 amide bonds. The topological polar surface area (TPSA) is 174 Å². The molecule has 0 unspecified atom stereocenters. The Morgan fingerprint density at radius 1 is 1.08 bits per heavy atom. The lowest BCUT2D eigenvalue weighted by Gasteiger charge is -2.35. The van der Waals surface area contributed by atoms with Crippen LogP contribution in [0.25, 0.3) is 0 Å². The van der Waals surface area contributed by atoms with Crippen LogP contribution in [0.1, 0.15) is 50.4 Å². The van der Waals surface area contributed by atoms with Crippen molar-refractivity contribution in [2.24, 2.45) is 13.0 Å². The summed E-state index contributed by atoms with van der Waals surface area (Å²) in [6.07, 6.45) is 4.22. The van der Waals surface area contributed by atoms with E-state index in [1.54, 1.807) is 54.9 Å². The van der Waals surface area contributed by atoms with Gasteiger partial charge >= 0.3 is 6.03 Å². The van der Waals surface area contributed by atoms with Gasteiger partial charge in [-0.1, -0.05) is 6.92 Å². The molecule has 3 aromatic rings. The summed E-state index contributed by atoms with van der Waals surface area (Å²) in [4.78, 5) is 32.9. The first kappa shape index (κ1) is 36.9. The lowest BCUT2D eigenvalue weighted by molar-refractivity contribution is -0.00835. The molecule has 3 heterocycles. The van der Waals surface area contributed by atoms with Gasteiger partial charge in [-0.3, -0.25) is 4.79 Å². The highest BCUT2D eigenvalue weighted by Crippen LogP contribution is 2.34. The van der Waals surface area contributed by atoms with Crippen molar-refractivity contribution in [1.29, 1.82) is 0 Å². The normalized spacial score (nSPS) is 20.8. The number of benzene rings is 2. The smallest absolute Gasteiger partial charge is 0.323 e. The molecule has 16 heteroatoms. The Hall–Kier alpha value is -4.38. The van der Waals surface area contributed by atoms with Crippen LogP contribution in [0.5, 0.6) is 17.2 Å². The Morgan fingerprint density at radius 2 is 1.78 bits per heavy atom. The number of fused-ring (bicyclic) bond motifs is 2. The van der Waals surface area contributed by atoms with E-state index in [0.29, 0.717) is 41.7 Å². The van der Waals surface area contributed by atoms with E-state index in [4.69, 9.17) is 18.9 Å². The molecule has 0 fully saturated rings. The highest BCUT2D eigenvalue weighted by atomic mass is 32.2. The van der Waals surface area contributed by atoms with Crippen LogP contribution in [0.3, 0.4) is 0 Å².